The van der Waals surface area contributed by atoms with E-state index in [1.165, 1.54) is 0 Å². The SMILES string of the molecule is Cc1cc(C(=O)NN[C@H]2CC(=O)N(c3ccc4ccccc4c3)C2=O)c(C)o1. The summed E-state index contributed by atoms with van der Waals surface area (Å²) >= 11 is 0. The van der Waals surface area contributed by atoms with E-state index in [0.717, 1.165) is 15.7 Å². The molecule has 4 rings (SSSR count). The number of rotatable bonds is 4. The Kier molecular flexibility index (Phi) is 4.44. The Morgan fingerprint density at radius 1 is 1.07 bits per heavy atom. The molecule has 1 atom stereocenters. The van der Waals surface area contributed by atoms with E-state index in [1.54, 1.807) is 26.0 Å². The molecule has 142 valence electrons. The Balaban J connectivity index is 1.49. The molecule has 0 aliphatic carbocycles. The number of aryl methyl sites for hydroxylation is 2. The van der Waals surface area contributed by atoms with Crippen LogP contribution in [0.15, 0.2) is 52.9 Å². The number of anilines is 1. The van der Waals surface area contributed by atoms with Crippen molar-refractivity contribution in [2.45, 2.75) is 26.3 Å². The third kappa shape index (κ3) is 3.16. The summed E-state index contributed by atoms with van der Waals surface area (Å²) in [4.78, 5) is 38.6. The van der Waals surface area contributed by atoms with Gasteiger partial charge in [-0.3, -0.25) is 19.8 Å². The van der Waals surface area contributed by atoms with Crippen molar-refractivity contribution in [2.24, 2.45) is 0 Å². The lowest BCUT2D eigenvalue weighted by molar-refractivity contribution is -0.121. The molecule has 28 heavy (non-hydrogen) atoms. The summed E-state index contributed by atoms with van der Waals surface area (Å²) < 4.78 is 5.34. The number of nitrogens with one attached hydrogen (secondary N) is 2. The van der Waals surface area contributed by atoms with Crippen LogP contribution in [0.4, 0.5) is 5.69 Å². The highest BCUT2D eigenvalue weighted by atomic mass is 16.3. The van der Waals surface area contributed by atoms with Crippen LogP contribution in [-0.4, -0.2) is 23.8 Å². The second-order valence-corrected chi connectivity index (χ2v) is 6.78. The molecule has 0 radical (unpaired) electrons. The second kappa shape index (κ2) is 6.94. The first-order chi connectivity index (χ1) is 13.4. The van der Waals surface area contributed by atoms with Crippen LogP contribution in [0.3, 0.4) is 0 Å². The van der Waals surface area contributed by atoms with Gasteiger partial charge in [0.05, 0.1) is 17.7 Å². The zero-order valence-electron chi connectivity index (χ0n) is 15.5. The molecule has 1 saturated heterocycles. The van der Waals surface area contributed by atoms with Crippen molar-refractivity contribution < 1.29 is 18.8 Å². The Morgan fingerprint density at radius 2 is 1.82 bits per heavy atom. The molecule has 0 saturated carbocycles. The van der Waals surface area contributed by atoms with E-state index >= 15 is 0 Å². The Bertz CT molecular complexity index is 1100. The highest BCUT2D eigenvalue weighted by Gasteiger charge is 2.39. The summed E-state index contributed by atoms with van der Waals surface area (Å²) in [5, 5.41) is 1.97. The average Bonchev–Trinajstić information content (AvgIpc) is 3.16. The van der Waals surface area contributed by atoms with Crippen LogP contribution in [0.1, 0.15) is 28.3 Å². The third-order valence-corrected chi connectivity index (χ3v) is 4.78. The second-order valence-electron chi connectivity index (χ2n) is 6.78. The Morgan fingerprint density at radius 3 is 2.54 bits per heavy atom. The molecule has 2 N–H and O–H groups in total. The highest BCUT2D eigenvalue weighted by Crippen LogP contribution is 2.26. The fourth-order valence-electron chi connectivity index (χ4n) is 3.41. The van der Waals surface area contributed by atoms with Crippen molar-refractivity contribution in [3.8, 4) is 0 Å². The number of fused-ring (bicyclic) bond motifs is 1. The van der Waals surface area contributed by atoms with Gasteiger partial charge < -0.3 is 4.42 Å². The molecule has 7 heteroatoms. The minimum atomic E-state index is -0.823. The van der Waals surface area contributed by atoms with Gasteiger partial charge in [-0.1, -0.05) is 30.3 Å². The third-order valence-electron chi connectivity index (χ3n) is 4.78. The molecule has 2 heterocycles. The highest BCUT2D eigenvalue weighted by molar-refractivity contribution is 6.22. The predicted molar refractivity (Wildman–Crippen MR) is 104 cm³/mol. The molecule has 1 aliphatic rings. The molecule has 0 unspecified atom stereocenters. The molecule has 7 nitrogen and oxygen atoms in total. The van der Waals surface area contributed by atoms with Crippen molar-refractivity contribution in [1.29, 1.82) is 0 Å². The summed E-state index contributed by atoms with van der Waals surface area (Å²) in [5.41, 5.74) is 6.08. The molecule has 1 aliphatic heterocycles. The molecular weight excluding hydrogens is 358 g/mol. The number of amides is 3. The van der Waals surface area contributed by atoms with E-state index in [0.29, 0.717) is 22.8 Å². The van der Waals surface area contributed by atoms with E-state index in [2.05, 4.69) is 10.9 Å². The zero-order valence-corrected chi connectivity index (χ0v) is 15.5. The van der Waals surface area contributed by atoms with Crippen LogP contribution in [0.2, 0.25) is 0 Å². The minimum Gasteiger partial charge on any atom is -0.466 e. The van der Waals surface area contributed by atoms with Gasteiger partial charge in [-0.05, 0) is 42.8 Å². The van der Waals surface area contributed by atoms with Crippen LogP contribution in [0.5, 0.6) is 0 Å². The first-order valence-electron chi connectivity index (χ1n) is 8.92. The Hall–Kier alpha value is -3.45. The van der Waals surface area contributed by atoms with Gasteiger partial charge in [-0.15, -0.1) is 0 Å². The van der Waals surface area contributed by atoms with E-state index in [-0.39, 0.29) is 12.3 Å². The van der Waals surface area contributed by atoms with Gasteiger partial charge in [0.2, 0.25) is 5.91 Å². The average molecular weight is 377 g/mol. The number of carbonyl (C=O) groups excluding carboxylic acids is 3. The van der Waals surface area contributed by atoms with Crippen LogP contribution in [0, 0.1) is 13.8 Å². The molecule has 1 aromatic heterocycles. The molecule has 2 aromatic carbocycles. The van der Waals surface area contributed by atoms with Gasteiger partial charge in [0, 0.05) is 0 Å². The fraction of sp³-hybridized carbons (Fsp3) is 0.190. The largest absolute Gasteiger partial charge is 0.466 e. The van der Waals surface area contributed by atoms with Gasteiger partial charge in [0.15, 0.2) is 0 Å². The number of imide groups is 1. The topological polar surface area (TPSA) is 91.7 Å². The summed E-state index contributed by atoms with van der Waals surface area (Å²) in [6.45, 7) is 3.44. The van der Waals surface area contributed by atoms with Crippen LogP contribution >= 0.6 is 0 Å². The van der Waals surface area contributed by atoms with E-state index in [1.807, 2.05) is 36.4 Å². The van der Waals surface area contributed by atoms with Crippen molar-refractivity contribution in [1.82, 2.24) is 10.9 Å². The van der Waals surface area contributed by atoms with Crippen molar-refractivity contribution in [2.75, 3.05) is 4.90 Å². The standard InChI is InChI=1S/C21H19N3O4/c1-12-9-17(13(2)28-12)20(26)23-22-18-11-19(25)24(21(18)27)16-8-7-14-5-3-4-6-15(14)10-16/h3-10,18,22H,11H2,1-2H3,(H,23,26)/t18-/m0/s1. The van der Waals surface area contributed by atoms with Crippen molar-refractivity contribution in [3.05, 3.63) is 65.6 Å². The van der Waals surface area contributed by atoms with Gasteiger partial charge >= 0.3 is 0 Å². The molecule has 0 spiro atoms. The van der Waals surface area contributed by atoms with E-state index < -0.39 is 17.9 Å². The lowest BCUT2D eigenvalue weighted by Crippen LogP contribution is -2.48. The van der Waals surface area contributed by atoms with E-state index in [9.17, 15) is 14.4 Å². The lowest BCUT2D eigenvalue weighted by atomic mass is 10.1. The van der Waals surface area contributed by atoms with Crippen LogP contribution in [-0.2, 0) is 9.59 Å². The van der Waals surface area contributed by atoms with Crippen molar-refractivity contribution >= 4 is 34.2 Å². The maximum atomic E-state index is 12.7. The van der Waals surface area contributed by atoms with Crippen LogP contribution in [0.25, 0.3) is 10.8 Å². The minimum absolute atomic E-state index is 0.0324. The van der Waals surface area contributed by atoms with Crippen LogP contribution < -0.4 is 15.8 Å². The molecule has 0 bridgehead atoms. The number of benzene rings is 2. The van der Waals surface area contributed by atoms with Gasteiger partial charge in [0.25, 0.3) is 11.8 Å². The smallest absolute Gasteiger partial charge is 0.268 e. The Labute approximate surface area is 161 Å². The van der Waals surface area contributed by atoms with Gasteiger partial charge in [-0.25, -0.2) is 10.3 Å². The summed E-state index contributed by atoms with van der Waals surface area (Å²) in [6, 6.07) is 13.9. The first kappa shape index (κ1) is 17.9. The molecule has 1 fully saturated rings. The summed E-state index contributed by atoms with van der Waals surface area (Å²) in [6.07, 6.45) is -0.0324. The van der Waals surface area contributed by atoms with Gasteiger partial charge in [0.1, 0.15) is 17.6 Å². The number of furan rings is 1. The number of carbonyl (C=O) groups is 3. The number of nitrogens with zero attached hydrogens (tertiary/aromatic N) is 1. The summed E-state index contributed by atoms with van der Waals surface area (Å²) in [7, 11) is 0. The van der Waals surface area contributed by atoms with Gasteiger partial charge in [-0.2, -0.15) is 0 Å². The monoisotopic (exact) mass is 377 g/mol. The number of hydrogen-bond donors (Lipinski definition) is 2. The summed E-state index contributed by atoms with van der Waals surface area (Å²) in [5.74, 6) is -0.0255. The molecular formula is C21H19N3O4. The quantitative estimate of drug-likeness (QED) is 0.539. The fourth-order valence-corrected chi connectivity index (χ4v) is 3.41. The molecule has 3 amide bonds. The number of hydrogen-bond acceptors (Lipinski definition) is 5. The molecule has 3 aromatic rings. The first-order valence-corrected chi connectivity index (χ1v) is 8.92. The maximum absolute atomic E-state index is 12.7. The van der Waals surface area contributed by atoms with Crippen molar-refractivity contribution in [3.63, 3.8) is 0 Å². The number of hydrazine groups is 1. The normalized spacial score (nSPS) is 16.8. The zero-order chi connectivity index (χ0) is 19.8. The predicted octanol–water partition coefficient (Wildman–Crippen LogP) is 2.62. The lowest BCUT2D eigenvalue weighted by Gasteiger charge is -2.16. The maximum Gasteiger partial charge on any atom is 0.268 e. The van der Waals surface area contributed by atoms with E-state index in [4.69, 9.17) is 4.42 Å².